The number of carbonyl (C=O) groups is 1. The Morgan fingerprint density at radius 1 is 1.00 bits per heavy atom. The van der Waals surface area contributed by atoms with Crippen molar-refractivity contribution in [1.82, 2.24) is 5.32 Å². The molecule has 0 unspecified atom stereocenters. The maximum absolute atomic E-state index is 12.4. The smallest absolute Gasteiger partial charge is 0.262 e. The van der Waals surface area contributed by atoms with E-state index in [1.807, 2.05) is 48.5 Å². The minimum atomic E-state index is -0.348. The standard InChI is InChI=1S/C23H18N2O/c24-14-20(23(26)25-15-16-5-2-1-3-6-16)13-19-12-11-18-10-9-17-7-4-8-21(19)22(17)18/h1-8,11-13H,9-10,15H2,(H,25,26)/b20-13+. The Morgan fingerprint density at radius 2 is 1.77 bits per heavy atom. The van der Waals surface area contributed by atoms with Gasteiger partial charge in [0.1, 0.15) is 11.6 Å². The molecule has 3 heteroatoms. The van der Waals surface area contributed by atoms with Gasteiger partial charge in [-0.25, -0.2) is 0 Å². The van der Waals surface area contributed by atoms with E-state index < -0.39 is 0 Å². The van der Waals surface area contributed by atoms with Crippen molar-refractivity contribution >= 4 is 22.8 Å². The molecular weight excluding hydrogens is 320 g/mol. The van der Waals surface area contributed by atoms with Crippen LogP contribution >= 0.6 is 0 Å². The Bertz CT molecular complexity index is 1050. The molecule has 1 aliphatic carbocycles. The van der Waals surface area contributed by atoms with Crippen molar-refractivity contribution in [2.75, 3.05) is 0 Å². The molecule has 126 valence electrons. The number of aryl methyl sites for hydroxylation is 2. The summed E-state index contributed by atoms with van der Waals surface area (Å²) in [6.07, 6.45) is 3.81. The van der Waals surface area contributed by atoms with Gasteiger partial charge in [0.25, 0.3) is 5.91 Å². The third-order valence-corrected chi connectivity index (χ3v) is 4.87. The van der Waals surface area contributed by atoms with Gasteiger partial charge in [0, 0.05) is 6.54 Å². The molecule has 0 radical (unpaired) electrons. The second-order valence-corrected chi connectivity index (χ2v) is 6.49. The molecule has 3 aromatic rings. The number of amides is 1. The summed E-state index contributed by atoms with van der Waals surface area (Å²) in [4.78, 5) is 12.4. The van der Waals surface area contributed by atoms with Crippen LogP contribution < -0.4 is 5.32 Å². The van der Waals surface area contributed by atoms with Gasteiger partial charge in [0.05, 0.1) is 0 Å². The number of nitrogens with one attached hydrogen (secondary N) is 1. The van der Waals surface area contributed by atoms with Crippen molar-refractivity contribution in [3.8, 4) is 6.07 Å². The van der Waals surface area contributed by atoms with E-state index in [0.717, 1.165) is 29.4 Å². The van der Waals surface area contributed by atoms with Crippen molar-refractivity contribution in [2.24, 2.45) is 0 Å². The first-order chi connectivity index (χ1) is 12.8. The summed E-state index contributed by atoms with van der Waals surface area (Å²) in [5, 5.41) is 14.7. The summed E-state index contributed by atoms with van der Waals surface area (Å²) in [6, 6.07) is 22.1. The van der Waals surface area contributed by atoms with E-state index in [-0.39, 0.29) is 11.5 Å². The average Bonchev–Trinajstić information content (AvgIpc) is 3.11. The minimum Gasteiger partial charge on any atom is -0.347 e. The lowest BCUT2D eigenvalue weighted by Crippen LogP contribution is -2.23. The van der Waals surface area contributed by atoms with E-state index in [1.54, 1.807) is 6.08 Å². The van der Waals surface area contributed by atoms with Crippen molar-refractivity contribution in [3.63, 3.8) is 0 Å². The largest absolute Gasteiger partial charge is 0.347 e. The van der Waals surface area contributed by atoms with Gasteiger partial charge in [-0.1, -0.05) is 60.7 Å². The molecular formula is C23H18N2O. The fraction of sp³-hybridized carbons (Fsp3) is 0.130. The highest BCUT2D eigenvalue weighted by atomic mass is 16.1. The van der Waals surface area contributed by atoms with Crippen molar-refractivity contribution in [3.05, 3.63) is 88.5 Å². The topological polar surface area (TPSA) is 52.9 Å². The first kappa shape index (κ1) is 16.1. The Balaban J connectivity index is 1.63. The van der Waals surface area contributed by atoms with E-state index in [1.165, 1.54) is 16.5 Å². The third kappa shape index (κ3) is 2.98. The molecule has 0 aromatic heterocycles. The predicted molar refractivity (Wildman–Crippen MR) is 103 cm³/mol. The fourth-order valence-electron chi connectivity index (χ4n) is 3.57. The number of nitriles is 1. The van der Waals surface area contributed by atoms with Crippen molar-refractivity contribution < 1.29 is 4.79 Å². The van der Waals surface area contributed by atoms with Gasteiger partial charge in [-0.05, 0) is 51.9 Å². The highest BCUT2D eigenvalue weighted by molar-refractivity contribution is 6.05. The SMILES string of the molecule is N#C/C(=C\c1ccc2c3c(cccc13)CC2)C(=O)NCc1ccccc1. The summed E-state index contributed by atoms with van der Waals surface area (Å²) in [5.74, 6) is -0.348. The normalized spacial score (nSPS) is 12.8. The van der Waals surface area contributed by atoms with E-state index in [4.69, 9.17) is 0 Å². The molecule has 1 N–H and O–H groups in total. The zero-order valence-corrected chi connectivity index (χ0v) is 14.3. The van der Waals surface area contributed by atoms with Crippen LogP contribution in [0.25, 0.3) is 16.8 Å². The van der Waals surface area contributed by atoms with E-state index in [9.17, 15) is 10.1 Å². The molecule has 0 saturated carbocycles. The van der Waals surface area contributed by atoms with Crippen LogP contribution in [0.3, 0.4) is 0 Å². The lowest BCUT2D eigenvalue weighted by atomic mass is 9.98. The Hall–Kier alpha value is -3.38. The first-order valence-corrected chi connectivity index (χ1v) is 8.73. The van der Waals surface area contributed by atoms with Crippen LogP contribution in [0, 0.1) is 11.3 Å². The molecule has 0 aliphatic heterocycles. The molecule has 4 rings (SSSR count). The summed E-state index contributed by atoms with van der Waals surface area (Å²) < 4.78 is 0. The number of hydrogen-bond acceptors (Lipinski definition) is 2. The van der Waals surface area contributed by atoms with Crippen molar-refractivity contribution in [1.29, 1.82) is 5.26 Å². The van der Waals surface area contributed by atoms with Gasteiger partial charge < -0.3 is 5.32 Å². The van der Waals surface area contributed by atoms with Crippen molar-refractivity contribution in [2.45, 2.75) is 19.4 Å². The molecule has 3 nitrogen and oxygen atoms in total. The fourth-order valence-corrected chi connectivity index (χ4v) is 3.57. The highest BCUT2D eigenvalue weighted by Gasteiger charge is 2.16. The lowest BCUT2D eigenvalue weighted by Gasteiger charge is -2.07. The lowest BCUT2D eigenvalue weighted by molar-refractivity contribution is -0.117. The summed E-state index contributed by atoms with van der Waals surface area (Å²) >= 11 is 0. The number of carbonyl (C=O) groups excluding carboxylic acids is 1. The zero-order chi connectivity index (χ0) is 17.9. The first-order valence-electron chi connectivity index (χ1n) is 8.73. The molecule has 26 heavy (non-hydrogen) atoms. The summed E-state index contributed by atoms with van der Waals surface area (Å²) in [7, 11) is 0. The minimum absolute atomic E-state index is 0.125. The second-order valence-electron chi connectivity index (χ2n) is 6.49. The maximum atomic E-state index is 12.4. The third-order valence-electron chi connectivity index (χ3n) is 4.87. The molecule has 0 fully saturated rings. The molecule has 0 atom stereocenters. The van der Waals surface area contributed by atoms with Crippen LogP contribution in [0.4, 0.5) is 0 Å². The predicted octanol–water partition coefficient (Wildman–Crippen LogP) is 4.16. The van der Waals surface area contributed by atoms with Crippen LogP contribution in [0.2, 0.25) is 0 Å². The number of nitrogens with zero attached hydrogens (tertiary/aromatic N) is 1. The summed E-state index contributed by atoms with van der Waals surface area (Å²) in [6.45, 7) is 0.405. The van der Waals surface area contributed by atoms with Gasteiger partial charge in [0.2, 0.25) is 0 Å². The Morgan fingerprint density at radius 3 is 2.54 bits per heavy atom. The van der Waals surface area contributed by atoms with Gasteiger partial charge in [0.15, 0.2) is 0 Å². The number of benzene rings is 3. The van der Waals surface area contributed by atoms with E-state index in [0.29, 0.717) is 6.54 Å². The van der Waals surface area contributed by atoms with E-state index in [2.05, 4.69) is 23.5 Å². The number of rotatable bonds is 4. The number of hydrogen-bond donors (Lipinski definition) is 1. The average molecular weight is 338 g/mol. The van der Waals surface area contributed by atoms with E-state index >= 15 is 0 Å². The highest BCUT2D eigenvalue weighted by Crippen LogP contribution is 2.33. The quantitative estimate of drug-likeness (QED) is 0.573. The van der Waals surface area contributed by atoms with Crippen LogP contribution in [0.5, 0.6) is 0 Å². The molecule has 0 saturated heterocycles. The Labute approximate surface area is 152 Å². The molecule has 1 amide bonds. The molecule has 0 bridgehead atoms. The molecule has 3 aromatic carbocycles. The van der Waals surface area contributed by atoms with Crippen LogP contribution in [0.15, 0.2) is 66.2 Å². The van der Waals surface area contributed by atoms with Gasteiger partial charge in [-0.15, -0.1) is 0 Å². The van der Waals surface area contributed by atoms with Crippen LogP contribution in [-0.2, 0) is 24.2 Å². The monoisotopic (exact) mass is 338 g/mol. The second kappa shape index (κ2) is 6.85. The van der Waals surface area contributed by atoms with Crippen LogP contribution in [-0.4, -0.2) is 5.91 Å². The van der Waals surface area contributed by atoms with Gasteiger partial charge >= 0.3 is 0 Å². The van der Waals surface area contributed by atoms with Crippen LogP contribution in [0.1, 0.15) is 22.3 Å². The van der Waals surface area contributed by atoms with Gasteiger partial charge in [-0.3, -0.25) is 4.79 Å². The maximum Gasteiger partial charge on any atom is 0.262 e. The van der Waals surface area contributed by atoms with Gasteiger partial charge in [-0.2, -0.15) is 5.26 Å². The molecule has 1 aliphatic rings. The zero-order valence-electron chi connectivity index (χ0n) is 14.3. The Kier molecular flexibility index (Phi) is 4.25. The summed E-state index contributed by atoms with van der Waals surface area (Å²) in [5.41, 5.74) is 4.74. The molecule has 0 heterocycles. The molecule has 0 spiro atoms.